The van der Waals surface area contributed by atoms with Crippen LogP contribution in [0.1, 0.15) is 27.7 Å². The zero-order valence-electron chi connectivity index (χ0n) is 11.2. The van der Waals surface area contributed by atoms with Gasteiger partial charge in [0.1, 0.15) is 0 Å². The number of nitrogens with zero attached hydrogens (tertiary/aromatic N) is 2. The maximum absolute atomic E-state index is 10.2. The predicted molar refractivity (Wildman–Crippen MR) is 73.5 cm³/mol. The summed E-state index contributed by atoms with van der Waals surface area (Å²) < 4.78 is 0. The molecule has 0 bridgehead atoms. The number of anilines is 1. The molecule has 4 heteroatoms. The SMILES string of the molecule is CC(C)(O)C(C)(C)Nc1nncc2ccccc12. The summed E-state index contributed by atoms with van der Waals surface area (Å²) in [5.41, 5.74) is -1.38. The summed E-state index contributed by atoms with van der Waals surface area (Å²) in [6.07, 6.45) is 1.73. The zero-order chi connectivity index (χ0) is 13.4. The second kappa shape index (κ2) is 4.21. The van der Waals surface area contributed by atoms with Gasteiger partial charge in [0.2, 0.25) is 0 Å². The van der Waals surface area contributed by atoms with E-state index in [0.717, 1.165) is 10.8 Å². The fourth-order valence-electron chi connectivity index (χ4n) is 1.57. The molecule has 0 saturated carbocycles. The van der Waals surface area contributed by atoms with Crippen molar-refractivity contribution in [3.05, 3.63) is 30.5 Å². The lowest BCUT2D eigenvalue weighted by Gasteiger charge is -2.38. The Morgan fingerprint density at radius 2 is 1.78 bits per heavy atom. The lowest BCUT2D eigenvalue weighted by atomic mass is 9.86. The molecule has 0 aliphatic rings. The maximum atomic E-state index is 10.2. The summed E-state index contributed by atoms with van der Waals surface area (Å²) >= 11 is 0. The highest BCUT2D eigenvalue weighted by atomic mass is 16.3. The minimum Gasteiger partial charge on any atom is -0.388 e. The Balaban J connectivity index is 2.44. The molecule has 2 rings (SSSR count). The molecule has 1 aromatic carbocycles. The van der Waals surface area contributed by atoms with Gasteiger partial charge in [-0.15, -0.1) is 5.10 Å². The van der Waals surface area contributed by atoms with Crippen molar-refractivity contribution < 1.29 is 5.11 Å². The number of benzene rings is 1. The number of aliphatic hydroxyl groups is 1. The van der Waals surface area contributed by atoms with Gasteiger partial charge < -0.3 is 10.4 Å². The number of rotatable bonds is 3. The van der Waals surface area contributed by atoms with E-state index in [-0.39, 0.29) is 0 Å². The highest BCUT2D eigenvalue weighted by Gasteiger charge is 2.35. The summed E-state index contributed by atoms with van der Waals surface area (Å²) in [6.45, 7) is 7.43. The first-order valence-electron chi connectivity index (χ1n) is 6.02. The molecular formula is C14H19N3O. The number of hydrogen-bond acceptors (Lipinski definition) is 4. The number of nitrogens with one attached hydrogen (secondary N) is 1. The van der Waals surface area contributed by atoms with Crippen molar-refractivity contribution in [3.8, 4) is 0 Å². The highest BCUT2D eigenvalue weighted by Crippen LogP contribution is 2.28. The van der Waals surface area contributed by atoms with Crippen LogP contribution in [0.5, 0.6) is 0 Å². The largest absolute Gasteiger partial charge is 0.388 e. The standard InChI is InChI=1S/C14H19N3O/c1-13(2,14(3,4)18)16-12-11-8-6-5-7-10(11)9-15-17-12/h5-9,18H,1-4H3,(H,16,17). The van der Waals surface area contributed by atoms with Gasteiger partial charge in [-0.3, -0.25) is 0 Å². The van der Waals surface area contributed by atoms with Gasteiger partial charge in [-0.25, -0.2) is 0 Å². The monoisotopic (exact) mass is 245 g/mol. The Morgan fingerprint density at radius 3 is 2.44 bits per heavy atom. The third-order valence-electron chi connectivity index (χ3n) is 3.53. The van der Waals surface area contributed by atoms with Crippen molar-refractivity contribution in [2.24, 2.45) is 0 Å². The molecule has 2 N–H and O–H groups in total. The Kier molecular flexibility index (Phi) is 2.99. The molecule has 96 valence electrons. The van der Waals surface area contributed by atoms with Crippen LogP contribution in [0.2, 0.25) is 0 Å². The molecule has 0 unspecified atom stereocenters. The van der Waals surface area contributed by atoms with Gasteiger partial charge in [-0.1, -0.05) is 24.3 Å². The molecule has 0 fully saturated rings. The van der Waals surface area contributed by atoms with Gasteiger partial charge in [0.25, 0.3) is 0 Å². The van der Waals surface area contributed by atoms with Crippen LogP contribution in [0.25, 0.3) is 10.8 Å². The van der Waals surface area contributed by atoms with Crippen molar-refractivity contribution in [1.29, 1.82) is 0 Å². The summed E-state index contributed by atoms with van der Waals surface area (Å²) in [5, 5.41) is 23.6. The molecule has 1 heterocycles. The van der Waals surface area contributed by atoms with E-state index in [2.05, 4.69) is 15.5 Å². The van der Waals surface area contributed by atoms with Crippen LogP contribution >= 0.6 is 0 Å². The average Bonchev–Trinajstić information content (AvgIpc) is 2.27. The van der Waals surface area contributed by atoms with Crippen molar-refractivity contribution >= 4 is 16.6 Å². The maximum Gasteiger partial charge on any atom is 0.157 e. The van der Waals surface area contributed by atoms with Crippen molar-refractivity contribution in [2.75, 3.05) is 5.32 Å². The Bertz CT molecular complexity index is 553. The van der Waals surface area contributed by atoms with Crippen LogP contribution in [-0.2, 0) is 0 Å². The Morgan fingerprint density at radius 1 is 1.11 bits per heavy atom. The molecule has 1 aromatic heterocycles. The first kappa shape index (κ1) is 12.8. The minimum atomic E-state index is -0.869. The number of hydrogen-bond donors (Lipinski definition) is 2. The van der Waals surface area contributed by atoms with E-state index < -0.39 is 11.1 Å². The van der Waals surface area contributed by atoms with Crippen LogP contribution in [0.15, 0.2) is 30.5 Å². The molecule has 0 aliphatic carbocycles. The summed E-state index contributed by atoms with van der Waals surface area (Å²) in [6, 6.07) is 7.92. The lowest BCUT2D eigenvalue weighted by molar-refractivity contribution is 0.0239. The van der Waals surface area contributed by atoms with E-state index in [1.165, 1.54) is 0 Å². The third kappa shape index (κ3) is 2.29. The van der Waals surface area contributed by atoms with Crippen LogP contribution in [0.4, 0.5) is 5.82 Å². The first-order chi connectivity index (χ1) is 8.31. The predicted octanol–water partition coefficient (Wildman–Crippen LogP) is 2.59. The molecule has 0 atom stereocenters. The first-order valence-corrected chi connectivity index (χ1v) is 6.02. The van der Waals surface area contributed by atoms with Gasteiger partial charge >= 0.3 is 0 Å². The lowest BCUT2D eigenvalue weighted by Crippen LogP contribution is -2.51. The Hall–Kier alpha value is -1.68. The van der Waals surface area contributed by atoms with Crippen LogP contribution in [-0.4, -0.2) is 26.4 Å². The van der Waals surface area contributed by atoms with E-state index in [0.29, 0.717) is 5.82 Å². The van der Waals surface area contributed by atoms with Crippen LogP contribution in [0.3, 0.4) is 0 Å². The van der Waals surface area contributed by atoms with E-state index in [1.54, 1.807) is 20.0 Å². The molecule has 0 amide bonds. The highest BCUT2D eigenvalue weighted by molar-refractivity contribution is 5.91. The van der Waals surface area contributed by atoms with Gasteiger partial charge in [0.15, 0.2) is 5.82 Å². The molecule has 0 spiro atoms. The fraction of sp³-hybridized carbons (Fsp3) is 0.429. The summed E-state index contributed by atoms with van der Waals surface area (Å²) in [4.78, 5) is 0. The van der Waals surface area contributed by atoms with Crippen molar-refractivity contribution in [3.63, 3.8) is 0 Å². The number of aromatic nitrogens is 2. The summed E-state index contributed by atoms with van der Waals surface area (Å²) in [5.74, 6) is 0.695. The molecule has 0 aliphatic heterocycles. The molecule has 0 radical (unpaired) electrons. The van der Waals surface area contributed by atoms with Crippen LogP contribution in [0, 0.1) is 0 Å². The van der Waals surface area contributed by atoms with Crippen LogP contribution < -0.4 is 5.32 Å². The summed E-state index contributed by atoms with van der Waals surface area (Å²) in [7, 11) is 0. The smallest absolute Gasteiger partial charge is 0.157 e. The molecule has 4 nitrogen and oxygen atoms in total. The van der Waals surface area contributed by atoms with Gasteiger partial charge in [0, 0.05) is 10.8 Å². The third-order valence-corrected chi connectivity index (χ3v) is 3.53. The quantitative estimate of drug-likeness (QED) is 0.872. The second-order valence-corrected chi connectivity index (χ2v) is 5.59. The molecule has 0 saturated heterocycles. The second-order valence-electron chi connectivity index (χ2n) is 5.59. The molecule has 2 aromatic rings. The minimum absolute atomic E-state index is 0.508. The topological polar surface area (TPSA) is 58.0 Å². The van der Waals surface area contributed by atoms with Gasteiger partial charge in [-0.05, 0) is 27.7 Å². The average molecular weight is 245 g/mol. The van der Waals surface area contributed by atoms with Gasteiger partial charge in [0.05, 0.1) is 17.3 Å². The van der Waals surface area contributed by atoms with E-state index in [9.17, 15) is 5.11 Å². The van der Waals surface area contributed by atoms with E-state index in [1.807, 2.05) is 38.1 Å². The van der Waals surface area contributed by atoms with Gasteiger partial charge in [-0.2, -0.15) is 5.10 Å². The van der Waals surface area contributed by atoms with Crippen molar-refractivity contribution in [2.45, 2.75) is 38.8 Å². The Labute approximate surface area is 107 Å². The molecule has 18 heavy (non-hydrogen) atoms. The fourth-order valence-corrected chi connectivity index (χ4v) is 1.57. The number of fused-ring (bicyclic) bond motifs is 1. The molecular weight excluding hydrogens is 226 g/mol. The van der Waals surface area contributed by atoms with E-state index >= 15 is 0 Å². The van der Waals surface area contributed by atoms with E-state index in [4.69, 9.17) is 0 Å². The normalized spacial score (nSPS) is 12.7. The zero-order valence-corrected chi connectivity index (χ0v) is 11.2. The van der Waals surface area contributed by atoms with Crippen molar-refractivity contribution in [1.82, 2.24) is 10.2 Å².